The quantitative estimate of drug-likeness (QED) is 0.638. The number of hydrogen-bond acceptors (Lipinski definition) is 5. The largest absolute Gasteiger partial charge is 0.353 e. The van der Waals surface area contributed by atoms with Crippen molar-refractivity contribution in [1.29, 1.82) is 0 Å². The second-order valence-electron chi connectivity index (χ2n) is 6.41. The summed E-state index contributed by atoms with van der Waals surface area (Å²) in [5.41, 5.74) is 0. The predicted molar refractivity (Wildman–Crippen MR) is 102 cm³/mol. The van der Waals surface area contributed by atoms with E-state index in [0.717, 1.165) is 38.0 Å². The molecule has 0 aromatic heterocycles. The number of nitrogens with one attached hydrogen (secondary N) is 2. The zero-order chi connectivity index (χ0) is 19.4. The second-order valence-corrected chi connectivity index (χ2v) is 11.0. The normalized spacial score (nSPS) is 16.4. The molecule has 7 nitrogen and oxygen atoms in total. The van der Waals surface area contributed by atoms with Gasteiger partial charge in [0.2, 0.25) is 15.9 Å². The maximum Gasteiger partial charge on any atom is 0.241 e. The highest BCUT2D eigenvalue weighted by molar-refractivity contribution is 9.10. The van der Waals surface area contributed by atoms with E-state index in [1.165, 1.54) is 18.6 Å². The van der Waals surface area contributed by atoms with Crippen LogP contribution in [0.4, 0.5) is 0 Å². The van der Waals surface area contributed by atoms with Crippen molar-refractivity contribution in [2.75, 3.05) is 12.8 Å². The molecule has 0 bridgehead atoms. The highest BCUT2D eigenvalue weighted by Crippen LogP contribution is 2.25. The summed E-state index contributed by atoms with van der Waals surface area (Å²) in [6, 6.07) is 3.98. The van der Waals surface area contributed by atoms with Crippen molar-refractivity contribution >= 4 is 41.7 Å². The summed E-state index contributed by atoms with van der Waals surface area (Å²) in [5.74, 6) is -0.191. The summed E-state index contributed by atoms with van der Waals surface area (Å²) < 4.78 is 50.7. The molecule has 0 radical (unpaired) electrons. The molecule has 1 fully saturated rings. The van der Waals surface area contributed by atoms with Gasteiger partial charge in [0.05, 0.1) is 9.79 Å². The molecule has 2 N–H and O–H groups in total. The lowest BCUT2D eigenvalue weighted by Gasteiger charge is -2.22. The van der Waals surface area contributed by atoms with Crippen molar-refractivity contribution in [2.45, 2.75) is 54.4 Å². The summed E-state index contributed by atoms with van der Waals surface area (Å²) in [6.45, 7) is -0.0591. The number of carbonyl (C=O) groups is 1. The van der Waals surface area contributed by atoms with Gasteiger partial charge in [0, 0.05) is 29.7 Å². The van der Waals surface area contributed by atoms with Crippen LogP contribution >= 0.6 is 15.9 Å². The molecule has 26 heavy (non-hydrogen) atoms. The Morgan fingerprint density at radius 2 is 1.81 bits per heavy atom. The molecule has 2 rings (SSSR count). The van der Waals surface area contributed by atoms with E-state index in [1.807, 2.05) is 0 Å². The Hall–Kier alpha value is -0.970. The monoisotopic (exact) mass is 466 g/mol. The number of benzene rings is 1. The SMILES string of the molecule is CS(=O)(=O)c1ccc(Br)c(S(=O)(=O)NCCC(=O)NC2CCCCC2)c1. The van der Waals surface area contributed by atoms with Gasteiger partial charge in [-0.2, -0.15) is 0 Å². The Morgan fingerprint density at radius 3 is 2.42 bits per heavy atom. The predicted octanol–water partition coefficient (Wildman–Crippen LogP) is 1.97. The number of carbonyl (C=O) groups excluding carboxylic acids is 1. The average molecular weight is 467 g/mol. The number of hydrogen-bond donors (Lipinski definition) is 2. The topological polar surface area (TPSA) is 109 Å². The standard InChI is InChI=1S/C16H23BrN2O5S2/c1-25(21,22)13-7-8-14(17)15(11-13)26(23,24)18-10-9-16(20)19-12-5-3-2-4-6-12/h7-8,11-12,18H,2-6,9-10H2,1H3,(H,19,20). The van der Waals surface area contributed by atoms with E-state index in [1.54, 1.807) is 0 Å². The van der Waals surface area contributed by atoms with Crippen LogP contribution in [0.25, 0.3) is 0 Å². The first-order valence-electron chi connectivity index (χ1n) is 8.38. The Balaban J connectivity index is 1.97. The molecule has 1 aromatic rings. The van der Waals surface area contributed by atoms with Crippen LogP contribution in [0.2, 0.25) is 0 Å². The fourth-order valence-corrected chi connectivity index (χ4v) is 5.58. The highest BCUT2D eigenvalue weighted by Gasteiger charge is 2.21. The summed E-state index contributed by atoms with van der Waals surface area (Å²) in [6.07, 6.45) is 6.35. The summed E-state index contributed by atoms with van der Waals surface area (Å²) >= 11 is 3.13. The van der Waals surface area contributed by atoms with Gasteiger partial charge >= 0.3 is 0 Å². The van der Waals surface area contributed by atoms with E-state index in [0.29, 0.717) is 0 Å². The number of amides is 1. The molecule has 1 aliphatic rings. The van der Waals surface area contributed by atoms with Gasteiger partial charge in [0.25, 0.3) is 0 Å². The minimum Gasteiger partial charge on any atom is -0.353 e. The third-order valence-electron chi connectivity index (χ3n) is 4.23. The van der Waals surface area contributed by atoms with E-state index in [2.05, 4.69) is 26.0 Å². The third kappa shape index (κ3) is 6.04. The number of sulfone groups is 1. The van der Waals surface area contributed by atoms with Gasteiger partial charge in [-0.05, 0) is 47.0 Å². The third-order valence-corrected chi connectivity index (χ3v) is 7.80. The van der Waals surface area contributed by atoms with Crippen LogP contribution < -0.4 is 10.0 Å². The Morgan fingerprint density at radius 1 is 1.15 bits per heavy atom. The maximum absolute atomic E-state index is 12.4. The molecule has 0 atom stereocenters. The van der Waals surface area contributed by atoms with Crippen molar-refractivity contribution in [3.05, 3.63) is 22.7 Å². The van der Waals surface area contributed by atoms with Crippen LogP contribution in [0, 0.1) is 0 Å². The van der Waals surface area contributed by atoms with Gasteiger partial charge < -0.3 is 5.32 Å². The summed E-state index contributed by atoms with van der Waals surface area (Å²) in [5, 5.41) is 2.92. The molecule has 0 spiro atoms. The van der Waals surface area contributed by atoms with Gasteiger partial charge in [-0.15, -0.1) is 0 Å². The zero-order valence-electron chi connectivity index (χ0n) is 14.5. The molecule has 0 saturated heterocycles. The van der Waals surface area contributed by atoms with Crippen LogP contribution in [0.3, 0.4) is 0 Å². The van der Waals surface area contributed by atoms with Crippen molar-refractivity contribution in [3.8, 4) is 0 Å². The number of rotatable bonds is 7. The lowest BCUT2D eigenvalue weighted by atomic mass is 9.95. The second kappa shape index (κ2) is 8.81. The van der Waals surface area contributed by atoms with Crippen molar-refractivity contribution < 1.29 is 21.6 Å². The minimum atomic E-state index is -3.94. The Bertz CT molecular complexity index is 863. The first kappa shape index (κ1) is 21.3. The lowest BCUT2D eigenvalue weighted by molar-refractivity contribution is -0.121. The molecular weight excluding hydrogens is 444 g/mol. The molecule has 1 aromatic carbocycles. The molecule has 10 heteroatoms. The molecule has 1 amide bonds. The van der Waals surface area contributed by atoms with Gasteiger partial charge in [0.1, 0.15) is 0 Å². The van der Waals surface area contributed by atoms with Crippen LogP contribution in [0.5, 0.6) is 0 Å². The van der Waals surface area contributed by atoms with Gasteiger partial charge in [-0.1, -0.05) is 19.3 Å². The average Bonchev–Trinajstić information content (AvgIpc) is 2.54. The van der Waals surface area contributed by atoms with E-state index < -0.39 is 19.9 Å². The van der Waals surface area contributed by atoms with Crippen LogP contribution in [0.1, 0.15) is 38.5 Å². The molecule has 1 saturated carbocycles. The Kier molecular flexibility index (Phi) is 7.23. The smallest absolute Gasteiger partial charge is 0.241 e. The number of halogens is 1. The van der Waals surface area contributed by atoms with Crippen molar-refractivity contribution in [1.82, 2.24) is 10.0 Å². The minimum absolute atomic E-state index is 0.0269. The van der Waals surface area contributed by atoms with Gasteiger partial charge in [0.15, 0.2) is 9.84 Å². The molecule has 146 valence electrons. The zero-order valence-corrected chi connectivity index (χ0v) is 17.7. The van der Waals surface area contributed by atoms with E-state index in [4.69, 9.17) is 0 Å². The van der Waals surface area contributed by atoms with E-state index >= 15 is 0 Å². The van der Waals surface area contributed by atoms with E-state index in [-0.39, 0.29) is 39.2 Å². The maximum atomic E-state index is 12.4. The molecular formula is C16H23BrN2O5S2. The lowest BCUT2D eigenvalue weighted by Crippen LogP contribution is -2.38. The van der Waals surface area contributed by atoms with Crippen LogP contribution in [-0.4, -0.2) is 41.6 Å². The molecule has 0 aliphatic heterocycles. The first-order chi connectivity index (χ1) is 12.1. The summed E-state index contributed by atoms with van der Waals surface area (Å²) in [7, 11) is -7.47. The molecule has 0 unspecified atom stereocenters. The van der Waals surface area contributed by atoms with Gasteiger partial charge in [-0.25, -0.2) is 21.6 Å². The Labute approximate surface area is 163 Å². The first-order valence-corrected chi connectivity index (χ1v) is 12.5. The summed E-state index contributed by atoms with van der Waals surface area (Å²) in [4.78, 5) is 11.7. The fraction of sp³-hybridized carbons (Fsp3) is 0.562. The van der Waals surface area contributed by atoms with E-state index in [9.17, 15) is 21.6 Å². The number of sulfonamides is 1. The van der Waals surface area contributed by atoms with Crippen LogP contribution in [-0.2, 0) is 24.7 Å². The van der Waals surface area contributed by atoms with Gasteiger partial charge in [-0.3, -0.25) is 4.79 Å². The fourth-order valence-electron chi connectivity index (χ4n) is 2.84. The van der Waals surface area contributed by atoms with Crippen LogP contribution in [0.15, 0.2) is 32.5 Å². The highest BCUT2D eigenvalue weighted by atomic mass is 79.9. The van der Waals surface area contributed by atoms with Crippen molar-refractivity contribution in [2.24, 2.45) is 0 Å². The molecule has 0 heterocycles. The van der Waals surface area contributed by atoms with Crippen molar-refractivity contribution in [3.63, 3.8) is 0 Å². The molecule has 1 aliphatic carbocycles.